The highest BCUT2D eigenvalue weighted by Gasteiger charge is 2.16. The number of carbonyl (C=O) groups is 2. The molecule has 0 fully saturated rings. The van der Waals surface area contributed by atoms with Crippen LogP contribution < -0.4 is 15.4 Å². The van der Waals surface area contributed by atoms with E-state index in [-0.39, 0.29) is 12.2 Å². The smallest absolute Gasteiger partial charge is 0.268 e. The number of furan rings is 1. The minimum absolute atomic E-state index is 0.0360. The van der Waals surface area contributed by atoms with Crippen LogP contribution in [0.2, 0.25) is 5.02 Å². The summed E-state index contributed by atoms with van der Waals surface area (Å²) >= 11 is 6.05. The molecule has 1 aromatic heterocycles. The SMILES string of the molecule is COCCNC(=O)/C(=C\c1ccc(-c2cccc(Cl)c2)o1)NC(=O)c1ccc(OC)cc1. The second kappa shape index (κ2) is 11.2. The Morgan fingerprint density at radius 3 is 2.53 bits per heavy atom. The van der Waals surface area contributed by atoms with Gasteiger partial charge in [-0.25, -0.2) is 0 Å². The van der Waals surface area contributed by atoms with Gasteiger partial charge in [-0.15, -0.1) is 0 Å². The summed E-state index contributed by atoms with van der Waals surface area (Å²) in [5.41, 5.74) is 1.21. The number of halogens is 1. The van der Waals surface area contributed by atoms with Gasteiger partial charge in [0.2, 0.25) is 0 Å². The van der Waals surface area contributed by atoms with Crippen LogP contribution in [-0.2, 0) is 9.53 Å². The van der Waals surface area contributed by atoms with Gasteiger partial charge in [0.15, 0.2) is 0 Å². The second-order valence-electron chi connectivity index (χ2n) is 6.70. The molecule has 7 nitrogen and oxygen atoms in total. The summed E-state index contributed by atoms with van der Waals surface area (Å²) in [4.78, 5) is 25.4. The Morgan fingerprint density at radius 2 is 1.84 bits per heavy atom. The molecule has 2 N–H and O–H groups in total. The van der Waals surface area contributed by atoms with Gasteiger partial charge in [0.05, 0.1) is 13.7 Å². The molecule has 3 rings (SSSR count). The molecule has 166 valence electrons. The van der Waals surface area contributed by atoms with Crippen LogP contribution in [-0.4, -0.2) is 39.2 Å². The van der Waals surface area contributed by atoms with Crippen molar-refractivity contribution in [3.8, 4) is 17.1 Å². The van der Waals surface area contributed by atoms with E-state index >= 15 is 0 Å². The molecule has 0 aliphatic heterocycles. The number of benzene rings is 2. The molecule has 0 radical (unpaired) electrons. The number of nitrogens with one attached hydrogen (secondary N) is 2. The summed E-state index contributed by atoms with van der Waals surface area (Å²) in [6, 6.07) is 17.3. The van der Waals surface area contributed by atoms with Gasteiger partial charge in [-0.05, 0) is 48.5 Å². The number of ether oxygens (including phenoxy) is 2. The topological polar surface area (TPSA) is 89.8 Å². The summed E-state index contributed by atoms with van der Waals surface area (Å²) in [6.45, 7) is 0.627. The minimum atomic E-state index is -0.468. The second-order valence-corrected chi connectivity index (χ2v) is 7.14. The molecular weight excluding hydrogens is 432 g/mol. The highest BCUT2D eigenvalue weighted by atomic mass is 35.5. The summed E-state index contributed by atoms with van der Waals surface area (Å²) in [5, 5.41) is 5.93. The molecule has 3 aromatic rings. The first-order chi connectivity index (χ1) is 15.5. The minimum Gasteiger partial charge on any atom is -0.497 e. The van der Waals surface area contributed by atoms with Crippen molar-refractivity contribution in [2.45, 2.75) is 0 Å². The molecule has 0 aliphatic carbocycles. The zero-order chi connectivity index (χ0) is 22.9. The quantitative estimate of drug-likeness (QED) is 0.374. The Morgan fingerprint density at radius 1 is 1.06 bits per heavy atom. The predicted molar refractivity (Wildman–Crippen MR) is 122 cm³/mol. The van der Waals surface area contributed by atoms with Crippen LogP contribution in [0.1, 0.15) is 16.1 Å². The number of carbonyl (C=O) groups excluding carboxylic acids is 2. The standard InChI is InChI=1S/C24H23ClN2O5/c1-30-13-12-26-24(29)21(27-23(28)16-6-8-19(31-2)9-7-16)15-20-10-11-22(32-20)17-4-3-5-18(25)14-17/h3-11,14-15H,12-13H2,1-2H3,(H,26,29)(H,27,28)/b21-15+. The van der Waals surface area contributed by atoms with Crippen LogP contribution >= 0.6 is 11.6 Å². The lowest BCUT2D eigenvalue weighted by molar-refractivity contribution is -0.117. The van der Waals surface area contributed by atoms with E-state index in [4.69, 9.17) is 25.5 Å². The van der Waals surface area contributed by atoms with E-state index in [1.165, 1.54) is 13.2 Å². The molecule has 0 aliphatic rings. The predicted octanol–water partition coefficient (Wildman–Crippen LogP) is 4.14. The van der Waals surface area contributed by atoms with Gasteiger partial charge >= 0.3 is 0 Å². The molecule has 2 aromatic carbocycles. The molecule has 0 saturated heterocycles. The highest BCUT2D eigenvalue weighted by Crippen LogP contribution is 2.25. The van der Waals surface area contributed by atoms with Crippen LogP contribution in [0.4, 0.5) is 0 Å². The lowest BCUT2D eigenvalue weighted by atomic mass is 10.2. The zero-order valence-corrected chi connectivity index (χ0v) is 18.4. The van der Waals surface area contributed by atoms with E-state index in [0.29, 0.717) is 34.5 Å². The fraction of sp³-hybridized carbons (Fsp3) is 0.167. The van der Waals surface area contributed by atoms with Crippen molar-refractivity contribution in [1.82, 2.24) is 10.6 Å². The van der Waals surface area contributed by atoms with Crippen LogP contribution in [0.5, 0.6) is 5.75 Å². The number of hydrogen-bond donors (Lipinski definition) is 2. The molecule has 0 unspecified atom stereocenters. The van der Waals surface area contributed by atoms with Crippen LogP contribution in [0.3, 0.4) is 0 Å². The fourth-order valence-electron chi connectivity index (χ4n) is 2.83. The Labute approximate surface area is 191 Å². The Hall–Kier alpha value is -3.55. The van der Waals surface area contributed by atoms with E-state index in [0.717, 1.165) is 5.56 Å². The Bertz CT molecular complexity index is 1110. The molecule has 8 heteroatoms. The van der Waals surface area contributed by atoms with Crippen molar-refractivity contribution < 1.29 is 23.5 Å². The van der Waals surface area contributed by atoms with E-state index in [2.05, 4.69) is 10.6 Å². The molecular formula is C24H23ClN2O5. The molecule has 0 atom stereocenters. The zero-order valence-electron chi connectivity index (χ0n) is 17.7. The first kappa shape index (κ1) is 23.1. The third-order valence-corrected chi connectivity index (χ3v) is 4.69. The third-order valence-electron chi connectivity index (χ3n) is 4.46. The van der Waals surface area contributed by atoms with Crippen molar-refractivity contribution in [3.63, 3.8) is 0 Å². The largest absolute Gasteiger partial charge is 0.497 e. The third kappa shape index (κ3) is 6.23. The molecule has 1 heterocycles. The van der Waals surface area contributed by atoms with Gasteiger partial charge < -0.3 is 24.5 Å². The van der Waals surface area contributed by atoms with Crippen LogP contribution in [0.15, 0.2) is 70.8 Å². The van der Waals surface area contributed by atoms with E-state index in [1.54, 1.807) is 55.6 Å². The van der Waals surface area contributed by atoms with E-state index in [1.807, 2.05) is 12.1 Å². The summed E-state index contributed by atoms with van der Waals surface area (Å²) < 4.78 is 15.9. The van der Waals surface area contributed by atoms with E-state index in [9.17, 15) is 9.59 Å². The molecule has 2 amide bonds. The number of rotatable bonds is 9. The lowest BCUT2D eigenvalue weighted by Gasteiger charge is -2.11. The summed E-state index contributed by atoms with van der Waals surface area (Å²) in [7, 11) is 3.08. The normalized spacial score (nSPS) is 11.2. The maximum atomic E-state index is 12.7. The molecule has 32 heavy (non-hydrogen) atoms. The average Bonchev–Trinajstić information content (AvgIpc) is 3.27. The van der Waals surface area contributed by atoms with Gasteiger partial charge in [0.25, 0.3) is 11.8 Å². The average molecular weight is 455 g/mol. The highest BCUT2D eigenvalue weighted by molar-refractivity contribution is 6.30. The first-order valence-electron chi connectivity index (χ1n) is 9.80. The van der Waals surface area contributed by atoms with Gasteiger partial charge in [0.1, 0.15) is 23.0 Å². The van der Waals surface area contributed by atoms with Gasteiger partial charge in [-0.1, -0.05) is 23.7 Å². The number of hydrogen-bond acceptors (Lipinski definition) is 5. The van der Waals surface area contributed by atoms with Gasteiger partial charge in [0, 0.05) is 35.9 Å². The molecule has 0 saturated carbocycles. The van der Waals surface area contributed by atoms with Crippen molar-refractivity contribution in [1.29, 1.82) is 0 Å². The summed E-state index contributed by atoms with van der Waals surface area (Å²) in [6.07, 6.45) is 1.47. The van der Waals surface area contributed by atoms with Crippen molar-refractivity contribution in [3.05, 3.63) is 82.7 Å². The first-order valence-corrected chi connectivity index (χ1v) is 10.2. The monoisotopic (exact) mass is 454 g/mol. The van der Waals surface area contributed by atoms with Gasteiger partial charge in [-0.2, -0.15) is 0 Å². The molecule has 0 spiro atoms. The van der Waals surface area contributed by atoms with Crippen molar-refractivity contribution in [2.24, 2.45) is 0 Å². The summed E-state index contributed by atoms with van der Waals surface area (Å²) in [5.74, 6) is 0.692. The lowest BCUT2D eigenvalue weighted by Crippen LogP contribution is -2.36. The van der Waals surface area contributed by atoms with Crippen LogP contribution in [0, 0.1) is 0 Å². The van der Waals surface area contributed by atoms with Crippen molar-refractivity contribution >= 4 is 29.5 Å². The van der Waals surface area contributed by atoms with Crippen LogP contribution in [0.25, 0.3) is 17.4 Å². The maximum absolute atomic E-state index is 12.7. The van der Waals surface area contributed by atoms with E-state index < -0.39 is 11.8 Å². The fourth-order valence-corrected chi connectivity index (χ4v) is 3.02. The Balaban J connectivity index is 1.84. The molecule has 0 bridgehead atoms. The Kier molecular flexibility index (Phi) is 8.08. The maximum Gasteiger partial charge on any atom is 0.268 e. The van der Waals surface area contributed by atoms with Crippen molar-refractivity contribution in [2.75, 3.05) is 27.4 Å². The number of amides is 2. The van der Waals surface area contributed by atoms with Gasteiger partial charge in [-0.3, -0.25) is 9.59 Å². The number of methoxy groups -OCH3 is 2.